The highest BCUT2D eigenvalue weighted by molar-refractivity contribution is 5.88. The van der Waals surface area contributed by atoms with Gasteiger partial charge in [0.05, 0.1) is 7.11 Å². The number of rotatable bonds is 2. The van der Waals surface area contributed by atoms with Gasteiger partial charge in [-0.3, -0.25) is 0 Å². The van der Waals surface area contributed by atoms with Crippen molar-refractivity contribution in [1.29, 1.82) is 0 Å². The Kier molecular flexibility index (Phi) is 5.01. The second-order valence-electron chi connectivity index (χ2n) is 4.03. The van der Waals surface area contributed by atoms with Gasteiger partial charge in [0.2, 0.25) is 0 Å². The zero-order valence-electron chi connectivity index (χ0n) is 9.60. The Morgan fingerprint density at radius 2 is 2.00 bits per heavy atom. The van der Waals surface area contributed by atoms with Crippen LogP contribution in [-0.2, 0) is 9.53 Å². The van der Waals surface area contributed by atoms with Gasteiger partial charge in [-0.05, 0) is 33.3 Å². The molecule has 2 heteroatoms. The first-order chi connectivity index (χ1) is 6.40. The van der Waals surface area contributed by atoms with Gasteiger partial charge < -0.3 is 4.74 Å². The Morgan fingerprint density at radius 1 is 1.43 bits per heavy atom. The van der Waals surface area contributed by atoms with Crippen LogP contribution in [0.2, 0.25) is 0 Å². The van der Waals surface area contributed by atoms with E-state index in [4.69, 9.17) is 0 Å². The monoisotopic (exact) mass is 194 g/mol. The van der Waals surface area contributed by atoms with E-state index in [-0.39, 0.29) is 11.4 Å². The minimum Gasteiger partial charge on any atom is -0.466 e. The zero-order valence-corrected chi connectivity index (χ0v) is 9.60. The summed E-state index contributed by atoms with van der Waals surface area (Å²) in [6.07, 6.45) is 2.28. The summed E-state index contributed by atoms with van der Waals surface area (Å²) in [5.74, 6) is 5.61. The molecule has 78 valence electrons. The molecule has 0 aliphatic carbocycles. The third-order valence-electron chi connectivity index (χ3n) is 1.52. The molecule has 0 fully saturated rings. The summed E-state index contributed by atoms with van der Waals surface area (Å²) in [6.45, 7) is 7.98. The van der Waals surface area contributed by atoms with Crippen LogP contribution in [0.5, 0.6) is 0 Å². The first-order valence-corrected chi connectivity index (χ1v) is 4.70. The highest BCUT2D eigenvalue weighted by Crippen LogP contribution is 2.10. The molecule has 0 aromatic heterocycles. The second-order valence-corrected chi connectivity index (χ2v) is 4.03. The van der Waals surface area contributed by atoms with Gasteiger partial charge in [-0.15, -0.1) is 0 Å². The van der Waals surface area contributed by atoms with Gasteiger partial charge in [-0.25, -0.2) is 4.79 Å². The number of ether oxygens (including phenoxy) is 1. The molecular weight excluding hydrogens is 176 g/mol. The van der Waals surface area contributed by atoms with E-state index in [1.165, 1.54) is 7.11 Å². The normalized spacial score (nSPS) is 11.6. The largest absolute Gasteiger partial charge is 0.466 e. The number of carbonyl (C=O) groups excluding carboxylic acids is 1. The average Bonchev–Trinajstić information content (AvgIpc) is 2.09. The molecular formula is C12H18O2. The van der Waals surface area contributed by atoms with Gasteiger partial charge in [0.25, 0.3) is 0 Å². The third-order valence-corrected chi connectivity index (χ3v) is 1.52. The summed E-state index contributed by atoms with van der Waals surface area (Å²) < 4.78 is 4.61. The lowest BCUT2D eigenvalue weighted by Crippen LogP contribution is -2.03. The van der Waals surface area contributed by atoms with Gasteiger partial charge in [0, 0.05) is 11.0 Å². The lowest BCUT2D eigenvalue weighted by molar-refractivity contribution is -0.136. The Bertz CT molecular complexity index is 282. The van der Waals surface area contributed by atoms with Gasteiger partial charge >= 0.3 is 5.97 Å². The molecule has 0 N–H and O–H groups in total. The summed E-state index contributed by atoms with van der Waals surface area (Å²) in [5.41, 5.74) is 0.579. The number of esters is 1. The average molecular weight is 194 g/mol. The standard InChI is InChI=1S/C12H18O2/c1-6-10(11(13)14-5)8-7-9-12(2,3)4/h8H,6H2,1-5H3/b10-8+. The van der Waals surface area contributed by atoms with Crippen molar-refractivity contribution in [3.05, 3.63) is 11.6 Å². The van der Waals surface area contributed by atoms with Crippen molar-refractivity contribution in [2.24, 2.45) is 5.41 Å². The van der Waals surface area contributed by atoms with E-state index in [1.54, 1.807) is 6.08 Å². The van der Waals surface area contributed by atoms with Crippen LogP contribution in [0.25, 0.3) is 0 Å². The van der Waals surface area contributed by atoms with Gasteiger partial charge in [0.15, 0.2) is 0 Å². The minimum absolute atomic E-state index is 0.0362. The molecule has 0 saturated carbocycles. The van der Waals surface area contributed by atoms with E-state index in [1.807, 2.05) is 27.7 Å². The molecule has 0 unspecified atom stereocenters. The Morgan fingerprint density at radius 3 is 2.36 bits per heavy atom. The number of hydrogen-bond donors (Lipinski definition) is 0. The quantitative estimate of drug-likeness (QED) is 0.383. The molecule has 0 aromatic rings. The van der Waals surface area contributed by atoms with Crippen LogP contribution >= 0.6 is 0 Å². The van der Waals surface area contributed by atoms with Crippen LogP contribution in [-0.4, -0.2) is 13.1 Å². The molecule has 0 radical (unpaired) electrons. The molecule has 0 bridgehead atoms. The van der Waals surface area contributed by atoms with E-state index in [0.717, 1.165) is 0 Å². The molecule has 0 saturated heterocycles. The molecule has 0 spiro atoms. The fourth-order valence-electron chi connectivity index (χ4n) is 0.776. The first-order valence-electron chi connectivity index (χ1n) is 4.70. The lowest BCUT2D eigenvalue weighted by atomic mass is 9.98. The molecule has 0 aliphatic rings. The predicted octanol–water partition coefficient (Wildman–Crippen LogP) is 2.55. The first kappa shape index (κ1) is 12.8. The summed E-state index contributed by atoms with van der Waals surface area (Å²) in [4.78, 5) is 11.1. The van der Waals surface area contributed by atoms with Crippen LogP contribution in [0.3, 0.4) is 0 Å². The molecule has 0 aromatic carbocycles. The van der Waals surface area contributed by atoms with Crippen molar-refractivity contribution >= 4 is 5.97 Å². The number of hydrogen-bond acceptors (Lipinski definition) is 2. The Balaban J connectivity index is 4.61. The molecule has 0 aliphatic heterocycles. The highest BCUT2D eigenvalue weighted by atomic mass is 16.5. The maximum absolute atomic E-state index is 11.1. The molecule has 2 nitrogen and oxygen atoms in total. The van der Waals surface area contributed by atoms with Crippen molar-refractivity contribution in [1.82, 2.24) is 0 Å². The van der Waals surface area contributed by atoms with Crippen molar-refractivity contribution in [3.8, 4) is 11.8 Å². The summed E-state index contributed by atoms with van der Waals surface area (Å²) in [5, 5.41) is 0. The van der Waals surface area contributed by atoms with Crippen LogP contribution in [0.4, 0.5) is 0 Å². The van der Waals surface area contributed by atoms with Gasteiger partial charge in [-0.2, -0.15) is 0 Å². The molecule has 0 amide bonds. The van der Waals surface area contributed by atoms with Crippen LogP contribution in [0, 0.1) is 17.3 Å². The van der Waals surface area contributed by atoms with Crippen molar-refractivity contribution in [3.63, 3.8) is 0 Å². The van der Waals surface area contributed by atoms with Crippen LogP contribution in [0.15, 0.2) is 11.6 Å². The summed E-state index contributed by atoms with van der Waals surface area (Å²) in [7, 11) is 1.38. The molecule has 0 heterocycles. The second kappa shape index (κ2) is 5.49. The topological polar surface area (TPSA) is 26.3 Å². The Hall–Kier alpha value is -1.23. The Labute approximate surface area is 86.3 Å². The van der Waals surface area contributed by atoms with Crippen LogP contribution in [0.1, 0.15) is 34.1 Å². The van der Waals surface area contributed by atoms with Gasteiger partial charge in [0.1, 0.15) is 0 Å². The predicted molar refractivity (Wildman–Crippen MR) is 57.6 cm³/mol. The minimum atomic E-state index is -0.296. The van der Waals surface area contributed by atoms with E-state index >= 15 is 0 Å². The van der Waals surface area contributed by atoms with Crippen molar-refractivity contribution < 1.29 is 9.53 Å². The number of allylic oxidation sites excluding steroid dienone is 1. The third kappa shape index (κ3) is 5.42. The maximum Gasteiger partial charge on any atom is 0.334 e. The van der Waals surface area contributed by atoms with Gasteiger partial charge in [-0.1, -0.05) is 18.8 Å². The maximum atomic E-state index is 11.1. The number of carbonyl (C=O) groups is 1. The lowest BCUT2D eigenvalue weighted by Gasteiger charge is -2.06. The smallest absolute Gasteiger partial charge is 0.334 e. The molecule has 0 rings (SSSR count). The fraction of sp³-hybridized carbons (Fsp3) is 0.583. The van der Waals surface area contributed by atoms with E-state index < -0.39 is 0 Å². The van der Waals surface area contributed by atoms with E-state index in [0.29, 0.717) is 12.0 Å². The number of methoxy groups -OCH3 is 1. The van der Waals surface area contributed by atoms with E-state index in [2.05, 4.69) is 16.6 Å². The van der Waals surface area contributed by atoms with Crippen LogP contribution < -0.4 is 0 Å². The zero-order chi connectivity index (χ0) is 11.2. The summed E-state index contributed by atoms with van der Waals surface area (Å²) >= 11 is 0. The van der Waals surface area contributed by atoms with Crippen molar-refractivity contribution in [2.45, 2.75) is 34.1 Å². The molecule has 14 heavy (non-hydrogen) atoms. The molecule has 0 atom stereocenters. The van der Waals surface area contributed by atoms with Crippen molar-refractivity contribution in [2.75, 3.05) is 7.11 Å². The summed E-state index contributed by atoms with van der Waals surface area (Å²) in [6, 6.07) is 0. The van der Waals surface area contributed by atoms with E-state index in [9.17, 15) is 4.79 Å². The SMILES string of the molecule is CC/C(=C\C#CC(C)(C)C)C(=O)OC. The highest BCUT2D eigenvalue weighted by Gasteiger charge is 2.06. The fourth-order valence-corrected chi connectivity index (χ4v) is 0.776.